The minimum atomic E-state index is -3.62. The first-order valence-corrected chi connectivity index (χ1v) is 8.48. The predicted molar refractivity (Wildman–Crippen MR) is 74.5 cm³/mol. The molecular formula is C14H17FN2O3S. The Morgan fingerprint density at radius 2 is 1.86 bits per heavy atom. The zero-order chi connectivity index (χ0) is 15.0. The van der Waals surface area contributed by atoms with Crippen molar-refractivity contribution in [1.29, 1.82) is 0 Å². The molecule has 0 aromatic heterocycles. The summed E-state index contributed by atoms with van der Waals surface area (Å²) in [5, 5.41) is 0. The highest BCUT2D eigenvalue weighted by Gasteiger charge is 2.37. The second-order valence-corrected chi connectivity index (χ2v) is 7.39. The number of amides is 1. The highest BCUT2D eigenvalue weighted by atomic mass is 32.2. The maximum absolute atomic E-state index is 12.9. The summed E-state index contributed by atoms with van der Waals surface area (Å²) < 4.78 is 39.4. The first kappa shape index (κ1) is 14.5. The van der Waals surface area contributed by atoms with Gasteiger partial charge in [0.05, 0.1) is 4.90 Å². The van der Waals surface area contributed by atoms with Gasteiger partial charge in [0.2, 0.25) is 15.9 Å². The van der Waals surface area contributed by atoms with Crippen LogP contribution in [-0.2, 0) is 14.8 Å². The molecule has 5 nitrogen and oxygen atoms in total. The number of piperidine rings is 1. The highest BCUT2D eigenvalue weighted by molar-refractivity contribution is 7.89. The molecule has 0 spiro atoms. The van der Waals surface area contributed by atoms with E-state index < -0.39 is 15.8 Å². The Bertz CT molecular complexity index is 645. The molecule has 1 atom stereocenters. The SMILES string of the molecule is O=C1CCCC2CN(S(=O)(=O)c3ccc(F)cc3)CCN12. The Kier molecular flexibility index (Phi) is 3.71. The van der Waals surface area contributed by atoms with Crippen LogP contribution in [0.4, 0.5) is 4.39 Å². The molecule has 2 aliphatic rings. The second-order valence-electron chi connectivity index (χ2n) is 5.45. The van der Waals surface area contributed by atoms with E-state index in [1.54, 1.807) is 4.90 Å². The van der Waals surface area contributed by atoms with E-state index in [9.17, 15) is 17.6 Å². The number of hydrogen-bond acceptors (Lipinski definition) is 3. The fourth-order valence-corrected chi connectivity index (χ4v) is 4.48. The van der Waals surface area contributed by atoms with Crippen molar-refractivity contribution in [3.8, 4) is 0 Å². The van der Waals surface area contributed by atoms with Crippen LogP contribution in [0.2, 0.25) is 0 Å². The van der Waals surface area contributed by atoms with Gasteiger partial charge < -0.3 is 4.90 Å². The minimum Gasteiger partial charge on any atom is -0.337 e. The first-order valence-electron chi connectivity index (χ1n) is 7.04. The van der Waals surface area contributed by atoms with Gasteiger partial charge in [-0.2, -0.15) is 4.31 Å². The summed E-state index contributed by atoms with van der Waals surface area (Å²) in [5.41, 5.74) is 0. The summed E-state index contributed by atoms with van der Waals surface area (Å²) in [6.45, 7) is 1.05. The molecule has 1 aromatic carbocycles. The van der Waals surface area contributed by atoms with Crippen molar-refractivity contribution in [2.24, 2.45) is 0 Å². The molecule has 0 saturated carbocycles. The van der Waals surface area contributed by atoms with E-state index in [1.165, 1.54) is 16.4 Å². The summed E-state index contributed by atoms with van der Waals surface area (Å²) in [5.74, 6) is -0.346. The summed E-state index contributed by atoms with van der Waals surface area (Å²) in [4.78, 5) is 13.7. The number of carbonyl (C=O) groups is 1. The van der Waals surface area contributed by atoms with E-state index in [2.05, 4.69) is 0 Å². The van der Waals surface area contributed by atoms with E-state index in [-0.39, 0.29) is 16.8 Å². The number of halogens is 1. The van der Waals surface area contributed by atoms with Gasteiger partial charge in [0.15, 0.2) is 0 Å². The molecule has 21 heavy (non-hydrogen) atoms. The number of piperazine rings is 1. The third kappa shape index (κ3) is 2.67. The molecule has 114 valence electrons. The van der Waals surface area contributed by atoms with Crippen molar-refractivity contribution >= 4 is 15.9 Å². The van der Waals surface area contributed by atoms with E-state index in [1.807, 2.05) is 0 Å². The normalized spacial score (nSPS) is 24.0. The van der Waals surface area contributed by atoms with Crippen molar-refractivity contribution in [2.45, 2.75) is 30.2 Å². The van der Waals surface area contributed by atoms with Crippen LogP contribution in [-0.4, -0.2) is 49.2 Å². The molecular weight excluding hydrogens is 295 g/mol. The molecule has 0 bridgehead atoms. The lowest BCUT2D eigenvalue weighted by molar-refractivity contribution is -0.138. The molecule has 1 aromatic rings. The zero-order valence-corrected chi connectivity index (χ0v) is 12.4. The standard InChI is InChI=1S/C14H17FN2O3S/c15-11-4-6-13(7-5-11)21(19,20)16-8-9-17-12(10-16)2-1-3-14(17)18/h4-7,12H,1-3,8-10H2. The largest absolute Gasteiger partial charge is 0.337 e. The van der Waals surface area contributed by atoms with Gasteiger partial charge in [-0.1, -0.05) is 0 Å². The van der Waals surface area contributed by atoms with Gasteiger partial charge in [-0.25, -0.2) is 12.8 Å². The lowest BCUT2D eigenvalue weighted by Gasteiger charge is -2.43. The average Bonchev–Trinajstić information content (AvgIpc) is 2.47. The summed E-state index contributed by atoms with van der Waals surface area (Å²) in [7, 11) is -3.62. The van der Waals surface area contributed by atoms with E-state index in [4.69, 9.17) is 0 Å². The molecule has 7 heteroatoms. The lowest BCUT2D eigenvalue weighted by atomic mass is 10.00. The molecule has 2 fully saturated rings. The van der Waals surface area contributed by atoms with Gasteiger partial charge >= 0.3 is 0 Å². The molecule has 0 aliphatic carbocycles. The number of nitrogens with zero attached hydrogens (tertiary/aromatic N) is 2. The fourth-order valence-electron chi connectivity index (χ4n) is 3.01. The fraction of sp³-hybridized carbons (Fsp3) is 0.500. The van der Waals surface area contributed by atoms with Gasteiger partial charge in [0, 0.05) is 32.1 Å². The Morgan fingerprint density at radius 1 is 1.14 bits per heavy atom. The van der Waals surface area contributed by atoms with E-state index >= 15 is 0 Å². The number of fused-ring (bicyclic) bond motifs is 1. The van der Waals surface area contributed by atoms with Gasteiger partial charge in [0.1, 0.15) is 5.82 Å². The number of rotatable bonds is 2. The molecule has 2 saturated heterocycles. The summed E-state index contributed by atoms with van der Waals surface area (Å²) in [6.07, 6.45) is 2.20. The van der Waals surface area contributed by atoms with Gasteiger partial charge in [-0.3, -0.25) is 4.79 Å². The number of sulfonamides is 1. The number of benzene rings is 1. The topological polar surface area (TPSA) is 57.7 Å². The van der Waals surface area contributed by atoms with Crippen LogP contribution in [0.5, 0.6) is 0 Å². The molecule has 1 unspecified atom stereocenters. The maximum atomic E-state index is 12.9. The molecule has 3 rings (SSSR count). The van der Waals surface area contributed by atoms with Crippen molar-refractivity contribution in [3.63, 3.8) is 0 Å². The minimum absolute atomic E-state index is 0.0322. The lowest BCUT2D eigenvalue weighted by Crippen LogP contribution is -2.57. The number of hydrogen-bond donors (Lipinski definition) is 0. The van der Waals surface area contributed by atoms with Gasteiger partial charge in [-0.15, -0.1) is 0 Å². The quantitative estimate of drug-likeness (QED) is 0.825. The Labute approximate surface area is 123 Å². The molecule has 2 heterocycles. The van der Waals surface area contributed by atoms with Crippen LogP contribution < -0.4 is 0 Å². The third-order valence-electron chi connectivity index (χ3n) is 4.15. The second kappa shape index (κ2) is 5.38. The molecule has 0 radical (unpaired) electrons. The van der Waals surface area contributed by atoms with Gasteiger partial charge in [-0.05, 0) is 37.1 Å². The van der Waals surface area contributed by atoms with Crippen LogP contribution in [0.25, 0.3) is 0 Å². The smallest absolute Gasteiger partial charge is 0.243 e. The van der Waals surface area contributed by atoms with Crippen LogP contribution >= 0.6 is 0 Å². The maximum Gasteiger partial charge on any atom is 0.243 e. The summed E-state index contributed by atoms with van der Waals surface area (Å²) >= 11 is 0. The van der Waals surface area contributed by atoms with E-state index in [0.717, 1.165) is 25.0 Å². The predicted octanol–water partition coefficient (Wildman–Crippen LogP) is 1.21. The zero-order valence-electron chi connectivity index (χ0n) is 11.5. The Morgan fingerprint density at radius 3 is 2.57 bits per heavy atom. The third-order valence-corrected chi connectivity index (χ3v) is 6.02. The molecule has 0 N–H and O–H groups in total. The van der Waals surface area contributed by atoms with Crippen LogP contribution in [0.3, 0.4) is 0 Å². The van der Waals surface area contributed by atoms with Crippen molar-refractivity contribution in [2.75, 3.05) is 19.6 Å². The van der Waals surface area contributed by atoms with E-state index in [0.29, 0.717) is 26.1 Å². The van der Waals surface area contributed by atoms with Gasteiger partial charge in [0.25, 0.3) is 0 Å². The van der Waals surface area contributed by atoms with Crippen LogP contribution in [0.15, 0.2) is 29.2 Å². The number of carbonyl (C=O) groups excluding carboxylic acids is 1. The summed E-state index contributed by atoms with van der Waals surface area (Å²) in [6, 6.07) is 4.82. The van der Waals surface area contributed by atoms with Crippen molar-refractivity contribution in [3.05, 3.63) is 30.1 Å². The van der Waals surface area contributed by atoms with Crippen molar-refractivity contribution in [1.82, 2.24) is 9.21 Å². The molecule has 1 amide bonds. The Hall–Kier alpha value is -1.47. The monoisotopic (exact) mass is 312 g/mol. The van der Waals surface area contributed by atoms with Crippen LogP contribution in [0.1, 0.15) is 19.3 Å². The highest BCUT2D eigenvalue weighted by Crippen LogP contribution is 2.26. The first-order chi connectivity index (χ1) is 9.98. The Balaban J connectivity index is 1.81. The van der Waals surface area contributed by atoms with Crippen molar-refractivity contribution < 1.29 is 17.6 Å². The average molecular weight is 312 g/mol. The molecule has 2 aliphatic heterocycles. The van der Waals surface area contributed by atoms with Crippen LogP contribution in [0, 0.1) is 5.82 Å².